The van der Waals surface area contributed by atoms with E-state index in [9.17, 15) is 9.90 Å². The van der Waals surface area contributed by atoms with Gasteiger partial charge in [0.2, 0.25) is 0 Å². The first-order chi connectivity index (χ1) is 9.13. The smallest absolute Gasteiger partial charge is 0.193 e. The van der Waals surface area contributed by atoms with Crippen LogP contribution in [-0.4, -0.2) is 5.11 Å². The lowest BCUT2D eigenvalue weighted by Gasteiger charge is -2.04. The van der Waals surface area contributed by atoms with Gasteiger partial charge in [0.05, 0.1) is 5.39 Å². The van der Waals surface area contributed by atoms with Crippen LogP contribution in [0, 0.1) is 0 Å². The van der Waals surface area contributed by atoms with Crippen LogP contribution in [0.25, 0.3) is 22.3 Å². The number of hydrogen-bond donors (Lipinski definition) is 1. The van der Waals surface area contributed by atoms with E-state index < -0.39 is 0 Å². The van der Waals surface area contributed by atoms with E-state index in [4.69, 9.17) is 16.0 Å². The number of halogens is 1. The zero-order chi connectivity index (χ0) is 13.4. The third-order valence-electron chi connectivity index (χ3n) is 2.82. The van der Waals surface area contributed by atoms with Crippen molar-refractivity contribution in [2.24, 2.45) is 0 Å². The number of fused-ring (bicyclic) bond motifs is 1. The Kier molecular flexibility index (Phi) is 2.76. The van der Waals surface area contributed by atoms with Crippen molar-refractivity contribution in [1.82, 2.24) is 0 Å². The van der Waals surface area contributed by atoms with Crippen molar-refractivity contribution in [1.29, 1.82) is 0 Å². The van der Waals surface area contributed by atoms with Crippen molar-refractivity contribution < 1.29 is 9.52 Å². The second kappa shape index (κ2) is 4.44. The van der Waals surface area contributed by atoms with Crippen LogP contribution >= 0.6 is 11.6 Å². The molecule has 1 heterocycles. The van der Waals surface area contributed by atoms with Crippen LogP contribution in [0.2, 0.25) is 5.02 Å². The van der Waals surface area contributed by atoms with Crippen molar-refractivity contribution >= 4 is 22.6 Å². The Balaban J connectivity index is 2.28. The van der Waals surface area contributed by atoms with E-state index in [1.807, 2.05) is 0 Å². The largest absolute Gasteiger partial charge is 0.508 e. The van der Waals surface area contributed by atoms with Crippen LogP contribution in [0.5, 0.6) is 5.75 Å². The summed E-state index contributed by atoms with van der Waals surface area (Å²) >= 11 is 5.92. The molecule has 0 bridgehead atoms. The standard InChI is InChI=1S/C15H9ClO3/c16-10-3-1-2-9(6-10)14-8-13(18)12-5-4-11(17)7-15(12)19-14/h1-8,17H. The molecule has 0 spiro atoms. The summed E-state index contributed by atoms with van der Waals surface area (Å²) < 4.78 is 5.65. The molecule has 2 aromatic carbocycles. The lowest BCUT2D eigenvalue weighted by atomic mass is 10.1. The zero-order valence-corrected chi connectivity index (χ0v) is 10.5. The number of phenolic OH excluding ortho intramolecular Hbond substituents is 1. The molecule has 0 unspecified atom stereocenters. The fraction of sp³-hybridized carbons (Fsp3) is 0. The molecule has 0 aliphatic heterocycles. The average Bonchev–Trinajstić information content (AvgIpc) is 2.38. The quantitative estimate of drug-likeness (QED) is 0.733. The zero-order valence-electron chi connectivity index (χ0n) is 9.76. The molecule has 0 radical (unpaired) electrons. The highest BCUT2D eigenvalue weighted by molar-refractivity contribution is 6.30. The van der Waals surface area contributed by atoms with Crippen LogP contribution in [0.1, 0.15) is 0 Å². The van der Waals surface area contributed by atoms with Crippen molar-refractivity contribution in [3.63, 3.8) is 0 Å². The van der Waals surface area contributed by atoms with Crippen LogP contribution in [0.4, 0.5) is 0 Å². The van der Waals surface area contributed by atoms with Crippen LogP contribution < -0.4 is 5.43 Å². The molecule has 0 atom stereocenters. The second-order valence-corrected chi connectivity index (χ2v) is 4.60. The Bertz CT molecular complexity index is 821. The van der Waals surface area contributed by atoms with Gasteiger partial charge >= 0.3 is 0 Å². The van der Waals surface area contributed by atoms with Gasteiger partial charge in [-0.3, -0.25) is 4.79 Å². The minimum absolute atomic E-state index is 0.0545. The van der Waals surface area contributed by atoms with Gasteiger partial charge in [0.1, 0.15) is 17.1 Å². The summed E-state index contributed by atoms with van der Waals surface area (Å²) in [4.78, 5) is 12.0. The number of rotatable bonds is 1. The summed E-state index contributed by atoms with van der Waals surface area (Å²) in [6.45, 7) is 0. The Morgan fingerprint density at radius 2 is 1.89 bits per heavy atom. The Hall–Kier alpha value is -2.26. The summed E-state index contributed by atoms with van der Waals surface area (Å²) in [7, 11) is 0. The van der Waals surface area contributed by atoms with E-state index in [1.54, 1.807) is 24.3 Å². The van der Waals surface area contributed by atoms with E-state index in [2.05, 4.69) is 0 Å². The molecule has 0 saturated heterocycles. The van der Waals surface area contributed by atoms with E-state index in [-0.39, 0.29) is 11.2 Å². The summed E-state index contributed by atoms with van der Waals surface area (Å²) in [5.74, 6) is 0.476. The van der Waals surface area contributed by atoms with Crippen LogP contribution in [-0.2, 0) is 0 Å². The number of phenols is 1. The maximum absolute atomic E-state index is 12.0. The lowest BCUT2D eigenvalue weighted by molar-refractivity contribution is 0.474. The van der Waals surface area contributed by atoms with Crippen LogP contribution in [0.15, 0.2) is 57.7 Å². The first-order valence-corrected chi connectivity index (χ1v) is 6.04. The topological polar surface area (TPSA) is 50.4 Å². The van der Waals surface area contributed by atoms with E-state index in [0.29, 0.717) is 21.8 Å². The maximum Gasteiger partial charge on any atom is 0.193 e. The summed E-state index contributed by atoms with van der Waals surface area (Å²) in [6, 6.07) is 12.9. The molecule has 1 aromatic heterocycles. The minimum Gasteiger partial charge on any atom is -0.508 e. The first-order valence-electron chi connectivity index (χ1n) is 5.66. The van der Waals surface area contributed by atoms with Gasteiger partial charge in [-0.1, -0.05) is 23.7 Å². The molecule has 0 amide bonds. The SMILES string of the molecule is O=c1cc(-c2cccc(Cl)c2)oc2cc(O)ccc12. The van der Waals surface area contributed by atoms with Crippen molar-refractivity contribution in [3.05, 3.63) is 63.8 Å². The van der Waals surface area contributed by atoms with Gasteiger partial charge in [0.25, 0.3) is 0 Å². The third-order valence-corrected chi connectivity index (χ3v) is 3.06. The second-order valence-electron chi connectivity index (χ2n) is 4.17. The Morgan fingerprint density at radius 1 is 1.05 bits per heavy atom. The van der Waals surface area contributed by atoms with Gasteiger partial charge in [-0.05, 0) is 24.3 Å². The lowest BCUT2D eigenvalue weighted by Crippen LogP contribution is -1.99. The summed E-state index contributed by atoms with van der Waals surface area (Å²) in [6.07, 6.45) is 0. The molecule has 0 fully saturated rings. The third kappa shape index (κ3) is 2.20. The molecule has 3 rings (SSSR count). The number of hydrogen-bond acceptors (Lipinski definition) is 3. The normalized spacial score (nSPS) is 10.8. The van der Waals surface area contributed by atoms with Gasteiger partial charge in [-0.2, -0.15) is 0 Å². The monoisotopic (exact) mass is 272 g/mol. The van der Waals surface area contributed by atoms with Gasteiger partial charge in [0.15, 0.2) is 5.43 Å². The fourth-order valence-corrected chi connectivity index (χ4v) is 2.12. The predicted octanol–water partition coefficient (Wildman–Crippen LogP) is 3.82. The molecule has 3 aromatic rings. The van der Waals surface area contributed by atoms with Crippen molar-refractivity contribution in [2.75, 3.05) is 0 Å². The molecular weight excluding hydrogens is 264 g/mol. The van der Waals surface area contributed by atoms with Crippen molar-refractivity contribution in [3.8, 4) is 17.1 Å². The van der Waals surface area contributed by atoms with Gasteiger partial charge in [0, 0.05) is 22.7 Å². The molecule has 1 N–H and O–H groups in total. The fourth-order valence-electron chi connectivity index (χ4n) is 1.93. The van der Waals surface area contributed by atoms with E-state index in [0.717, 1.165) is 5.56 Å². The Labute approximate surface area is 113 Å². The Morgan fingerprint density at radius 3 is 2.68 bits per heavy atom. The predicted molar refractivity (Wildman–Crippen MR) is 74.6 cm³/mol. The highest BCUT2D eigenvalue weighted by atomic mass is 35.5. The molecular formula is C15H9ClO3. The summed E-state index contributed by atoms with van der Waals surface area (Å²) in [5, 5.41) is 10.4. The highest BCUT2D eigenvalue weighted by Crippen LogP contribution is 2.26. The van der Waals surface area contributed by atoms with Gasteiger partial charge in [-0.15, -0.1) is 0 Å². The van der Waals surface area contributed by atoms with E-state index >= 15 is 0 Å². The van der Waals surface area contributed by atoms with Gasteiger partial charge < -0.3 is 9.52 Å². The first kappa shape index (κ1) is 11.8. The van der Waals surface area contributed by atoms with Crippen LogP contribution in [0.3, 0.4) is 0 Å². The maximum atomic E-state index is 12.0. The summed E-state index contributed by atoms with van der Waals surface area (Å²) in [5.41, 5.74) is 0.911. The molecule has 3 nitrogen and oxygen atoms in total. The molecule has 19 heavy (non-hydrogen) atoms. The molecule has 0 saturated carbocycles. The van der Waals surface area contributed by atoms with E-state index in [1.165, 1.54) is 24.3 Å². The van der Waals surface area contributed by atoms with Crippen molar-refractivity contribution in [2.45, 2.75) is 0 Å². The molecule has 0 aliphatic rings. The molecule has 94 valence electrons. The highest BCUT2D eigenvalue weighted by Gasteiger charge is 2.07. The molecule has 4 heteroatoms. The molecule has 0 aliphatic carbocycles. The minimum atomic E-state index is -0.156. The van der Waals surface area contributed by atoms with Gasteiger partial charge in [-0.25, -0.2) is 0 Å². The average molecular weight is 273 g/mol. The number of benzene rings is 2. The number of aromatic hydroxyl groups is 1.